The van der Waals surface area contributed by atoms with Crippen molar-refractivity contribution in [3.8, 4) is 5.75 Å². The Balaban J connectivity index is 1.76. The third-order valence-electron chi connectivity index (χ3n) is 3.61. The van der Waals surface area contributed by atoms with Crippen LogP contribution in [0.2, 0.25) is 0 Å². The van der Waals surface area contributed by atoms with Crippen molar-refractivity contribution in [2.45, 2.75) is 19.8 Å². The fourth-order valence-electron chi connectivity index (χ4n) is 2.13. The summed E-state index contributed by atoms with van der Waals surface area (Å²) in [4.78, 5) is 26.7. The summed E-state index contributed by atoms with van der Waals surface area (Å²) in [5.41, 5.74) is 0.985. The topological polar surface area (TPSA) is 71.2 Å². The molecule has 0 saturated heterocycles. The number of anilines is 1. The average Bonchev–Trinajstić information content (AvgIpc) is 3.30. The van der Waals surface area contributed by atoms with Gasteiger partial charge in [0.1, 0.15) is 11.3 Å². The molecule has 114 valence electrons. The summed E-state index contributed by atoms with van der Waals surface area (Å²) >= 11 is 0. The van der Waals surface area contributed by atoms with E-state index < -0.39 is 11.5 Å². The molecule has 1 amide bonds. The van der Waals surface area contributed by atoms with Crippen molar-refractivity contribution in [1.29, 1.82) is 0 Å². The normalized spacial score (nSPS) is 13.7. The van der Waals surface area contributed by atoms with Gasteiger partial charge < -0.3 is 15.0 Å². The minimum Gasteiger partial charge on any atom is -0.491 e. The maximum atomic E-state index is 12.3. The first kappa shape index (κ1) is 14.4. The van der Waals surface area contributed by atoms with E-state index in [0.29, 0.717) is 24.0 Å². The molecule has 1 saturated carbocycles. The minimum absolute atomic E-state index is 0.0857. The monoisotopic (exact) mass is 298 g/mol. The maximum Gasteiger partial charge on any atom is 0.261 e. The zero-order valence-electron chi connectivity index (χ0n) is 12.4. The van der Waals surface area contributed by atoms with Gasteiger partial charge in [-0.1, -0.05) is 12.1 Å². The predicted octanol–water partition coefficient (Wildman–Crippen LogP) is 2.72. The molecule has 3 rings (SSSR count). The highest BCUT2D eigenvalue weighted by Crippen LogP contribution is 2.31. The summed E-state index contributed by atoms with van der Waals surface area (Å²) in [5.74, 6) is 0.818. The summed E-state index contributed by atoms with van der Waals surface area (Å²) in [6.45, 7) is 2.43. The smallest absolute Gasteiger partial charge is 0.261 e. The molecular weight excluding hydrogens is 280 g/mol. The average molecular weight is 298 g/mol. The number of aromatic nitrogens is 1. The van der Waals surface area contributed by atoms with Gasteiger partial charge >= 0.3 is 0 Å². The van der Waals surface area contributed by atoms with Gasteiger partial charge in [0.2, 0.25) is 0 Å². The first-order valence-corrected chi connectivity index (χ1v) is 7.36. The Kier molecular flexibility index (Phi) is 3.96. The Labute approximate surface area is 128 Å². The molecule has 0 atom stereocenters. The molecule has 0 aliphatic heterocycles. The van der Waals surface area contributed by atoms with Crippen LogP contribution in [-0.4, -0.2) is 17.5 Å². The SMILES string of the molecule is Cc1ccc(C(=O)Nc2ccccc2OCC2CC2)c(=O)[nH]1. The van der Waals surface area contributed by atoms with Crippen molar-refractivity contribution >= 4 is 11.6 Å². The van der Waals surface area contributed by atoms with Gasteiger partial charge in [0, 0.05) is 5.69 Å². The fraction of sp³-hybridized carbons (Fsp3) is 0.294. The van der Waals surface area contributed by atoms with E-state index in [1.807, 2.05) is 18.2 Å². The Morgan fingerprint density at radius 3 is 2.77 bits per heavy atom. The van der Waals surface area contributed by atoms with E-state index in [9.17, 15) is 9.59 Å². The van der Waals surface area contributed by atoms with Crippen LogP contribution in [0.25, 0.3) is 0 Å². The Bertz CT molecular complexity index is 748. The first-order chi connectivity index (χ1) is 10.6. The molecule has 1 aromatic carbocycles. The van der Waals surface area contributed by atoms with Crippen LogP contribution >= 0.6 is 0 Å². The van der Waals surface area contributed by atoms with Gasteiger partial charge in [-0.2, -0.15) is 0 Å². The summed E-state index contributed by atoms with van der Waals surface area (Å²) in [7, 11) is 0. The number of para-hydroxylation sites is 2. The minimum atomic E-state index is -0.441. The molecule has 22 heavy (non-hydrogen) atoms. The second-order valence-electron chi connectivity index (χ2n) is 5.59. The number of rotatable bonds is 5. The fourth-order valence-corrected chi connectivity index (χ4v) is 2.13. The van der Waals surface area contributed by atoms with Gasteiger partial charge in [0.25, 0.3) is 11.5 Å². The first-order valence-electron chi connectivity index (χ1n) is 7.36. The molecule has 1 aromatic heterocycles. The zero-order valence-corrected chi connectivity index (χ0v) is 12.4. The Morgan fingerprint density at radius 2 is 2.05 bits per heavy atom. The molecule has 0 bridgehead atoms. The van der Waals surface area contributed by atoms with Gasteiger partial charge in [0.15, 0.2) is 0 Å². The Morgan fingerprint density at radius 1 is 1.27 bits per heavy atom. The molecule has 5 nitrogen and oxygen atoms in total. The molecule has 1 heterocycles. The van der Waals surface area contributed by atoms with Crippen LogP contribution in [0.4, 0.5) is 5.69 Å². The second-order valence-corrected chi connectivity index (χ2v) is 5.59. The third kappa shape index (κ3) is 3.36. The third-order valence-corrected chi connectivity index (χ3v) is 3.61. The van der Waals surface area contributed by atoms with E-state index in [2.05, 4.69) is 10.3 Å². The summed E-state index contributed by atoms with van der Waals surface area (Å²) in [6, 6.07) is 10.5. The van der Waals surface area contributed by atoms with Crippen LogP contribution in [0.15, 0.2) is 41.2 Å². The standard InChI is InChI=1S/C17H18N2O3/c1-11-6-9-13(16(20)18-11)17(21)19-14-4-2-3-5-15(14)22-10-12-7-8-12/h2-6,9,12H,7-8,10H2,1H3,(H,18,20)(H,19,21). The summed E-state index contributed by atoms with van der Waals surface area (Å²) in [5, 5.41) is 2.75. The van der Waals surface area contributed by atoms with Gasteiger partial charge in [-0.05, 0) is 49.9 Å². The van der Waals surface area contributed by atoms with Crippen LogP contribution in [0, 0.1) is 12.8 Å². The van der Waals surface area contributed by atoms with Crippen LogP contribution in [0.3, 0.4) is 0 Å². The zero-order chi connectivity index (χ0) is 15.5. The number of H-pyrrole nitrogens is 1. The van der Waals surface area contributed by atoms with E-state index in [4.69, 9.17) is 4.74 Å². The van der Waals surface area contributed by atoms with Crippen molar-refractivity contribution in [2.24, 2.45) is 5.92 Å². The largest absolute Gasteiger partial charge is 0.491 e. The van der Waals surface area contributed by atoms with E-state index >= 15 is 0 Å². The van der Waals surface area contributed by atoms with Gasteiger partial charge in [-0.3, -0.25) is 9.59 Å². The predicted molar refractivity (Wildman–Crippen MR) is 84.4 cm³/mol. The van der Waals surface area contributed by atoms with E-state index in [0.717, 1.165) is 5.69 Å². The maximum absolute atomic E-state index is 12.3. The lowest BCUT2D eigenvalue weighted by Gasteiger charge is -2.12. The van der Waals surface area contributed by atoms with Gasteiger partial charge in [-0.15, -0.1) is 0 Å². The number of ether oxygens (including phenoxy) is 1. The lowest BCUT2D eigenvalue weighted by atomic mass is 10.2. The number of carbonyl (C=O) groups excluding carboxylic acids is 1. The summed E-state index contributed by atoms with van der Waals surface area (Å²) in [6.07, 6.45) is 2.40. The van der Waals surface area contributed by atoms with Gasteiger partial charge in [-0.25, -0.2) is 0 Å². The highest BCUT2D eigenvalue weighted by atomic mass is 16.5. The number of aryl methyl sites for hydroxylation is 1. The van der Waals surface area contributed by atoms with Crippen LogP contribution in [0.1, 0.15) is 28.9 Å². The molecule has 2 aromatic rings. The number of amides is 1. The molecule has 1 aliphatic carbocycles. The highest BCUT2D eigenvalue weighted by Gasteiger charge is 2.22. The lowest BCUT2D eigenvalue weighted by Crippen LogP contribution is -2.23. The van der Waals surface area contributed by atoms with Crippen LogP contribution in [0.5, 0.6) is 5.75 Å². The number of aromatic amines is 1. The van der Waals surface area contributed by atoms with E-state index in [-0.39, 0.29) is 5.56 Å². The molecule has 2 N–H and O–H groups in total. The number of benzene rings is 1. The number of carbonyl (C=O) groups is 1. The van der Waals surface area contributed by atoms with E-state index in [1.165, 1.54) is 18.9 Å². The van der Waals surface area contributed by atoms with Crippen LogP contribution < -0.4 is 15.6 Å². The number of nitrogens with one attached hydrogen (secondary N) is 2. The number of hydrogen-bond donors (Lipinski definition) is 2. The molecule has 1 aliphatic rings. The lowest BCUT2D eigenvalue weighted by molar-refractivity contribution is 0.102. The summed E-state index contributed by atoms with van der Waals surface area (Å²) < 4.78 is 5.75. The number of hydrogen-bond acceptors (Lipinski definition) is 3. The van der Waals surface area contributed by atoms with Crippen molar-refractivity contribution in [1.82, 2.24) is 4.98 Å². The second kappa shape index (κ2) is 6.05. The molecular formula is C17H18N2O3. The van der Waals surface area contributed by atoms with Crippen molar-refractivity contribution < 1.29 is 9.53 Å². The highest BCUT2D eigenvalue weighted by molar-refractivity contribution is 6.04. The van der Waals surface area contributed by atoms with E-state index in [1.54, 1.807) is 19.1 Å². The van der Waals surface area contributed by atoms with Crippen molar-refractivity contribution in [2.75, 3.05) is 11.9 Å². The van der Waals surface area contributed by atoms with Crippen LogP contribution in [-0.2, 0) is 0 Å². The van der Waals surface area contributed by atoms with Crippen molar-refractivity contribution in [3.63, 3.8) is 0 Å². The molecule has 0 radical (unpaired) electrons. The number of pyridine rings is 1. The molecule has 5 heteroatoms. The molecule has 0 unspecified atom stereocenters. The quantitative estimate of drug-likeness (QED) is 0.891. The Hall–Kier alpha value is -2.56. The van der Waals surface area contributed by atoms with Crippen molar-refractivity contribution in [3.05, 3.63) is 58.0 Å². The van der Waals surface area contributed by atoms with Gasteiger partial charge in [0.05, 0.1) is 12.3 Å². The molecule has 1 fully saturated rings. The molecule has 0 spiro atoms.